The molecule has 0 heterocycles. The molecule has 168 valence electrons. The van der Waals surface area contributed by atoms with E-state index in [0.717, 1.165) is 6.42 Å². The van der Waals surface area contributed by atoms with Crippen molar-refractivity contribution in [3.63, 3.8) is 0 Å². The molecular formula is C28H33NO3. The first kappa shape index (κ1) is 22.3. The molecule has 1 N–H and O–H groups in total. The minimum Gasteiger partial charge on any atom is -0.458 e. The average Bonchev–Trinajstić information content (AvgIpc) is 3.57. The Bertz CT molecular complexity index is 1070. The zero-order chi connectivity index (χ0) is 23.1. The third-order valence-corrected chi connectivity index (χ3v) is 7.17. The van der Waals surface area contributed by atoms with E-state index >= 15 is 0 Å². The Morgan fingerprint density at radius 2 is 1.75 bits per heavy atom. The number of hydrogen-bond acceptors (Lipinski definition) is 3. The molecule has 0 saturated heterocycles. The number of hydrogen-bond donors (Lipinski definition) is 1. The van der Waals surface area contributed by atoms with Crippen LogP contribution in [0.3, 0.4) is 0 Å². The number of para-hydroxylation sites is 1. The van der Waals surface area contributed by atoms with Gasteiger partial charge in [0.2, 0.25) is 5.91 Å². The molecule has 0 aliphatic heterocycles. The summed E-state index contributed by atoms with van der Waals surface area (Å²) >= 11 is 0. The Morgan fingerprint density at radius 1 is 1.06 bits per heavy atom. The van der Waals surface area contributed by atoms with Crippen LogP contribution in [0.1, 0.15) is 79.9 Å². The molecule has 1 amide bonds. The highest BCUT2D eigenvalue weighted by Gasteiger charge is 2.45. The maximum Gasteiger partial charge on any atom is 0.340 e. The van der Waals surface area contributed by atoms with Crippen LogP contribution >= 0.6 is 0 Å². The van der Waals surface area contributed by atoms with Gasteiger partial charge in [0.25, 0.3) is 0 Å². The Kier molecular flexibility index (Phi) is 5.74. The fourth-order valence-electron chi connectivity index (χ4n) is 4.90. The van der Waals surface area contributed by atoms with Crippen LogP contribution in [0.25, 0.3) is 0 Å². The van der Waals surface area contributed by atoms with Crippen molar-refractivity contribution < 1.29 is 14.3 Å². The van der Waals surface area contributed by atoms with Gasteiger partial charge in [-0.25, -0.2) is 4.79 Å². The van der Waals surface area contributed by atoms with Gasteiger partial charge in [-0.1, -0.05) is 70.7 Å². The van der Waals surface area contributed by atoms with E-state index in [0.29, 0.717) is 11.3 Å². The molecule has 2 unspecified atom stereocenters. The summed E-state index contributed by atoms with van der Waals surface area (Å²) in [5.74, 6) is -0.366. The lowest BCUT2D eigenvalue weighted by Gasteiger charge is -2.42. The zero-order valence-electron chi connectivity index (χ0n) is 19.5. The average molecular weight is 432 g/mol. The van der Waals surface area contributed by atoms with E-state index in [2.05, 4.69) is 57.8 Å². The Hall–Kier alpha value is -2.88. The summed E-state index contributed by atoms with van der Waals surface area (Å²) in [6, 6.07) is 13.8. The van der Waals surface area contributed by atoms with Crippen LogP contribution in [-0.2, 0) is 20.4 Å². The highest BCUT2D eigenvalue weighted by molar-refractivity contribution is 6.02. The number of amides is 1. The number of nitrogens with one attached hydrogen (secondary N) is 1. The van der Waals surface area contributed by atoms with Gasteiger partial charge in [0.15, 0.2) is 0 Å². The minimum atomic E-state index is -0.465. The summed E-state index contributed by atoms with van der Waals surface area (Å²) in [7, 11) is 0. The first-order valence-corrected chi connectivity index (χ1v) is 11.5. The number of rotatable bonds is 6. The molecule has 1 fully saturated rings. The van der Waals surface area contributed by atoms with Crippen molar-refractivity contribution in [2.75, 3.05) is 11.9 Å². The lowest BCUT2D eigenvalue weighted by atomic mass is 9.63. The maximum absolute atomic E-state index is 13.0. The van der Waals surface area contributed by atoms with Gasteiger partial charge in [-0.05, 0) is 64.8 Å². The lowest BCUT2D eigenvalue weighted by molar-refractivity contribution is -0.117. The number of carbonyl (C=O) groups excluding carboxylic acids is 2. The molecule has 0 aromatic heterocycles. The second-order valence-electron chi connectivity index (χ2n) is 10.4. The summed E-state index contributed by atoms with van der Waals surface area (Å²) in [5, 5.41) is 2.96. The van der Waals surface area contributed by atoms with Gasteiger partial charge < -0.3 is 10.1 Å². The second kappa shape index (κ2) is 8.23. The van der Waals surface area contributed by atoms with Gasteiger partial charge in [0, 0.05) is 5.92 Å². The Labute approximate surface area is 191 Å². The number of anilines is 1. The van der Waals surface area contributed by atoms with Gasteiger partial charge in [0.1, 0.15) is 6.61 Å². The minimum absolute atomic E-state index is 0.0451. The monoisotopic (exact) mass is 431 g/mol. The molecule has 0 radical (unpaired) electrons. The van der Waals surface area contributed by atoms with E-state index in [1.54, 1.807) is 24.3 Å². The number of fused-ring (bicyclic) bond motifs is 1. The largest absolute Gasteiger partial charge is 0.458 e. The van der Waals surface area contributed by atoms with E-state index in [9.17, 15) is 9.59 Å². The van der Waals surface area contributed by atoms with Crippen LogP contribution in [0.4, 0.5) is 5.69 Å². The van der Waals surface area contributed by atoms with E-state index in [4.69, 9.17) is 4.74 Å². The number of ether oxygens (including phenoxy) is 1. The molecular weight excluding hydrogens is 398 g/mol. The molecule has 2 aromatic carbocycles. The van der Waals surface area contributed by atoms with Crippen LogP contribution in [0, 0.1) is 5.92 Å². The predicted octanol–water partition coefficient (Wildman–Crippen LogP) is 6.12. The molecule has 2 aliphatic rings. The molecule has 0 spiro atoms. The van der Waals surface area contributed by atoms with Crippen molar-refractivity contribution in [3.8, 4) is 0 Å². The van der Waals surface area contributed by atoms with Gasteiger partial charge in [-0.3, -0.25) is 4.79 Å². The van der Waals surface area contributed by atoms with Crippen molar-refractivity contribution >= 4 is 17.6 Å². The molecule has 1 saturated carbocycles. The molecule has 4 rings (SSSR count). The van der Waals surface area contributed by atoms with Crippen molar-refractivity contribution in [1.29, 1.82) is 0 Å². The predicted molar refractivity (Wildman–Crippen MR) is 128 cm³/mol. The third-order valence-electron chi connectivity index (χ3n) is 7.17. The van der Waals surface area contributed by atoms with Crippen molar-refractivity contribution in [2.45, 2.75) is 63.7 Å². The molecule has 32 heavy (non-hydrogen) atoms. The molecule has 2 aliphatic carbocycles. The van der Waals surface area contributed by atoms with Gasteiger partial charge >= 0.3 is 5.97 Å². The van der Waals surface area contributed by atoms with Crippen LogP contribution in [0.15, 0.2) is 55.1 Å². The quantitative estimate of drug-likeness (QED) is 0.443. The smallest absolute Gasteiger partial charge is 0.340 e. The fourth-order valence-corrected chi connectivity index (χ4v) is 4.90. The van der Waals surface area contributed by atoms with Crippen LogP contribution in [-0.4, -0.2) is 18.5 Å². The van der Waals surface area contributed by atoms with E-state index < -0.39 is 5.97 Å². The standard InChI is InChI=1S/C28H33NO3/c1-6-15-32-26(31)19-9-7-8-10-24(19)29-25(30)21-17-20(21)18-11-12-22-23(16-18)28(4,5)14-13-27(22,2)3/h6-12,16,20-21H,1,13-15,17H2,2-5H3,(H,29,30). The maximum atomic E-state index is 13.0. The van der Waals surface area contributed by atoms with Gasteiger partial charge in [0.05, 0.1) is 11.3 Å². The summed E-state index contributed by atoms with van der Waals surface area (Å²) < 4.78 is 5.15. The van der Waals surface area contributed by atoms with Crippen molar-refractivity contribution in [1.82, 2.24) is 0 Å². The van der Waals surface area contributed by atoms with Gasteiger partial charge in [-0.15, -0.1) is 0 Å². The molecule has 2 aromatic rings. The summed E-state index contributed by atoms with van der Waals surface area (Å²) in [4.78, 5) is 25.3. The highest BCUT2D eigenvalue weighted by Crippen LogP contribution is 2.51. The topological polar surface area (TPSA) is 55.4 Å². The number of carbonyl (C=O) groups is 2. The normalized spacial score (nSPS) is 22.4. The molecule has 4 heteroatoms. The first-order valence-electron chi connectivity index (χ1n) is 11.5. The van der Waals surface area contributed by atoms with Crippen molar-refractivity contribution in [3.05, 3.63) is 77.4 Å². The Morgan fingerprint density at radius 3 is 2.47 bits per heavy atom. The third kappa shape index (κ3) is 4.23. The summed E-state index contributed by atoms with van der Waals surface area (Å²) in [5.41, 5.74) is 5.29. The molecule has 0 bridgehead atoms. The number of benzene rings is 2. The number of esters is 1. The van der Waals surface area contributed by atoms with Crippen LogP contribution in [0.2, 0.25) is 0 Å². The van der Waals surface area contributed by atoms with Gasteiger partial charge in [-0.2, -0.15) is 0 Å². The van der Waals surface area contributed by atoms with E-state index in [-0.39, 0.29) is 35.2 Å². The fraction of sp³-hybridized carbons (Fsp3) is 0.429. The highest BCUT2D eigenvalue weighted by atomic mass is 16.5. The van der Waals surface area contributed by atoms with E-state index in [1.807, 2.05) is 0 Å². The molecule has 2 atom stereocenters. The first-order chi connectivity index (χ1) is 15.1. The Balaban J connectivity index is 1.50. The lowest BCUT2D eigenvalue weighted by Crippen LogP contribution is -2.33. The van der Waals surface area contributed by atoms with Crippen LogP contribution in [0.5, 0.6) is 0 Å². The zero-order valence-corrected chi connectivity index (χ0v) is 19.5. The second-order valence-corrected chi connectivity index (χ2v) is 10.4. The van der Waals surface area contributed by atoms with Crippen LogP contribution < -0.4 is 5.32 Å². The molecule has 4 nitrogen and oxygen atoms in total. The summed E-state index contributed by atoms with van der Waals surface area (Å²) in [6.45, 7) is 13.0. The van der Waals surface area contributed by atoms with E-state index in [1.165, 1.54) is 35.6 Å². The SMILES string of the molecule is C=CCOC(=O)c1ccccc1NC(=O)C1CC1c1ccc2c(c1)C(C)(C)CCC2(C)C. The summed E-state index contributed by atoms with van der Waals surface area (Å²) in [6.07, 6.45) is 4.71. The van der Waals surface area contributed by atoms with Crippen molar-refractivity contribution in [2.24, 2.45) is 5.92 Å².